The van der Waals surface area contributed by atoms with Gasteiger partial charge in [-0.25, -0.2) is 4.39 Å². The molecule has 0 bridgehead atoms. The third kappa shape index (κ3) is 2.06. The minimum absolute atomic E-state index is 0.0609. The van der Waals surface area contributed by atoms with Crippen molar-refractivity contribution in [2.75, 3.05) is 6.54 Å². The quantitative estimate of drug-likeness (QED) is 0.859. The van der Waals surface area contributed by atoms with Crippen molar-refractivity contribution < 1.29 is 13.6 Å². The third-order valence-corrected chi connectivity index (χ3v) is 4.15. The zero-order valence-electron chi connectivity index (χ0n) is 10.6. The van der Waals surface area contributed by atoms with Gasteiger partial charge in [0.15, 0.2) is 22.9 Å². The highest BCUT2D eigenvalue weighted by atomic mass is 19.1. The SMILES string of the molecule is NCC1(CC(=O)c2cc3cccc(F)c3o2)CCC1. The van der Waals surface area contributed by atoms with Crippen molar-refractivity contribution in [2.45, 2.75) is 25.7 Å². The first-order chi connectivity index (χ1) is 9.13. The van der Waals surface area contributed by atoms with Gasteiger partial charge >= 0.3 is 0 Å². The lowest BCUT2D eigenvalue weighted by molar-refractivity contribution is 0.0761. The summed E-state index contributed by atoms with van der Waals surface area (Å²) in [6.45, 7) is 0.521. The first-order valence-electron chi connectivity index (χ1n) is 6.55. The molecule has 1 aromatic heterocycles. The number of rotatable bonds is 4. The molecule has 2 N–H and O–H groups in total. The summed E-state index contributed by atoms with van der Waals surface area (Å²) in [4.78, 5) is 12.2. The number of hydrogen-bond acceptors (Lipinski definition) is 3. The van der Waals surface area contributed by atoms with E-state index in [9.17, 15) is 9.18 Å². The van der Waals surface area contributed by atoms with Gasteiger partial charge in [-0.1, -0.05) is 18.6 Å². The fraction of sp³-hybridized carbons (Fsp3) is 0.400. The predicted molar refractivity (Wildman–Crippen MR) is 70.5 cm³/mol. The molecule has 0 spiro atoms. The van der Waals surface area contributed by atoms with Crippen LogP contribution in [0.25, 0.3) is 11.0 Å². The number of carbonyl (C=O) groups excluding carboxylic acids is 1. The molecule has 0 amide bonds. The predicted octanol–water partition coefficient (Wildman–Crippen LogP) is 3.27. The standard InChI is InChI=1S/C15H16FNO2/c16-11-4-1-3-10-7-13(19-14(10)11)12(18)8-15(9-17)5-2-6-15/h1,3-4,7H,2,5-6,8-9,17H2. The summed E-state index contributed by atoms with van der Waals surface area (Å²) in [5.41, 5.74) is 5.84. The molecule has 2 aromatic rings. The molecule has 3 nitrogen and oxygen atoms in total. The smallest absolute Gasteiger partial charge is 0.198 e. The highest BCUT2D eigenvalue weighted by molar-refractivity contribution is 5.98. The van der Waals surface area contributed by atoms with Crippen LogP contribution in [0.3, 0.4) is 0 Å². The summed E-state index contributed by atoms with van der Waals surface area (Å²) in [5, 5.41) is 0.624. The van der Waals surface area contributed by atoms with E-state index in [1.54, 1.807) is 18.2 Å². The van der Waals surface area contributed by atoms with E-state index >= 15 is 0 Å². The van der Waals surface area contributed by atoms with E-state index in [2.05, 4.69) is 0 Å². The average molecular weight is 261 g/mol. The minimum Gasteiger partial charge on any atom is -0.450 e. The average Bonchev–Trinajstić information content (AvgIpc) is 2.79. The Morgan fingerprint density at radius 3 is 2.79 bits per heavy atom. The second-order valence-corrected chi connectivity index (χ2v) is 5.43. The van der Waals surface area contributed by atoms with Gasteiger partial charge in [0.2, 0.25) is 0 Å². The fourth-order valence-corrected chi connectivity index (χ4v) is 2.72. The number of hydrogen-bond donors (Lipinski definition) is 1. The Kier molecular flexibility index (Phi) is 2.90. The first kappa shape index (κ1) is 12.4. The second kappa shape index (κ2) is 4.46. The van der Waals surface area contributed by atoms with Gasteiger partial charge in [-0.3, -0.25) is 4.79 Å². The van der Waals surface area contributed by atoms with Crippen molar-refractivity contribution in [3.8, 4) is 0 Å². The number of carbonyl (C=O) groups is 1. The van der Waals surface area contributed by atoms with E-state index in [1.807, 2.05) is 0 Å². The first-order valence-corrected chi connectivity index (χ1v) is 6.55. The third-order valence-electron chi connectivity index (χ3n) is 4.15. The Balaban J connectivity index is 1.87. The molecule has 0 saturated heterocycles. The zero-order chi connectivity index (χ0) is 13.5. The fourth-order valence-electron chi connectivity index (χ4n) is 2.72. The normalized spacial score (nSPS) is 17.4. The molecule has 1 fully saturated rings. The summed E-state index contributed by atoms with van der Waals surface area (Å²) >= 11 is 0. The van der Waals surface area contributed by atoms with Crippen molar-refractivity contribution in [3.63, 3.8) is 0 Å². The molecule has 1 aliphatic carbocycles. The number of benzene rings is 1. The molecule has 1 saturated carbocycles. The van der Waals surface area contributed by atoms with Crippen LogP contribution in [0.2, 0.25) is 0 Å². The van der Waals surface area contributed by atoms with Gasteiger partial charge < -0.3 is 10.2 Å². The molecule has 0 radical (unpaired) electrons. The van der Waals surface area contributed by atoms with Crippen molar-refractivity contribution in [2.24, 2.45) is 11.1 Å². The van der Waals surface area contributed by atoms with Crippen LogP contribution in [0.5, 0.6) is 0 Å². The Bertz CT molecular complexity index is 623. The van der Waals surface area contributed by atoms with Gasteiger partial charge in [-0.2, -0.15) is 0 Å². The van der Waals surface area contributed by atoms with Crippen LogP contribution >= 0.6 is 0 Å². The second-order valence-electron chi connectivity index (χ2n) is 5.43. The number of nitrogens with two attached hydrogens (primary N) is 1. The lowest BCUT2D eigenvalue weighted by atomic mass is 9.66. The Morgan fingerprint density at radius 1 is 1.42 bits per heavy atom. The van der Waals surface area contributed by atoms with E-state index in [0.717, 1.165) is 19.3 Å². The van der Waals surface area contributed by atoms with E-state index in [4.69, 9.17) is 10.2 Å². The van der Waals surface area contributed by atoms with Crippen molar-refractivity contribution in [3.05, 3.63) is 35.8 Å². The molecule has 0 atom stereocenters. The van der Waals surface area contributed by atoms with Crippen LogP contribution in [0, 0.1) is 11.2 Å². The van der Waals surface area contributed by atoms with Crippen LogP contribution in [-0.2, 0) is 0 Å². The van der Waals surface area contributed by atoms with Crippen LogP contribution in [0.15, 0.2) is 28.7 Å². The number of para-hydroxylation sites is 1. The maximum atomic E-state index is 13.5. The lowest BCUT2D eigenvalue weighted by Crippen LogP contribution is -2.39. The van der Waals surface area contributed by atoms with E-state index in [0.29, 0.717) is 18.4 Å². The largest absolute Gasteiger partial charge is 0.450 e. The number of Topliss-reactive ketones (excluding diaryl/α,β-unsaturated/α-hetero) is 1. The van der Waals surface area contributed by atoms with Crippen LogP contribution in [0.4, 0.5) is 4.39 Å². The molecule has 0 aliphatic heterocycles. The summed E-state index contributed by atoms with van der Waals surface area (Å²) < 4.78 is 18.9. The van der Waals surface area contributed by atoms with Crippen LogP contribution in [0.1, 0.15) is 36.2 Å². The molecule has 19 heavy (non-hydrogen) atoms. The van der Waals surface area contributed by atoms with E-state index < -0.39 is 5.82 Å². The molecule has 3 rings (SSSR count). The zero-order valence-corrected chi connectivity index (χ0v) is 10.6. The number of furan rings is 1. The Hall–Kier alpha value is -1.68. The maximum Gasteiger partial charge on any atom is 0.198 e. The molecule has 1 aromatic carbocycles. The summed E-state index contributed by atoms with van der Waals surface area (Å²) in [6, 6.07) is 6.28. The molecule has 1 aliphatic rings. The van der Waals surface area contributed by atoms with Crippen LogP contribution in [-0.4, -0.2) is 12.3 Å². The van der Waals surface area contributed by atoms with Gasteiger partial charge in [-0.05, 0) is 36.9 Å². The number of halogens is 1. The van der Waals surface area contributed by atoms with Crippen molar-refractivity contribution >= 4 is 16.8 Å². The number of ketones is 1. The molecule has 4 heteroatoms. The summed E-state index contributed by atoms with van der Waals surface area (Å²) in [5.74, 6) is -0.283. The topological polar surface area (TPSA) is 56.2 Å². The molecule has 0 unspecified atom stereocenters. The molecular weight excluding hydrogens is 245 g/mol. The van der Waals surface area contributed by atoms with Gasteiger partial charge in [0.05, 0.1) is 0 Å². The van der Waals surface area contributed by atoms with Gasteiger partial charge in [0.1, 0.15) is 0 Å². The lowest BCUT2D eigenvalue weighted by Gasteiger charge is -2.40. The minimum atomic E-state index is -0.436. The molecular formula is C15H16FNO2. The summed E-state index contributed by atoms with van der Waals surface area (Å²) in [6.07, 6.45) is 3.50. The highest BCUT2D eigenvalue weighted by Crippen LogP contribution is 2.43. The monoisotopic (exact) mass is 261 g/mol. The van der Waals surface area contributed by atoms with Gasteiger partial charge in [-0.15, -0.1) is 0 Å². The van der Waals surface area contributed by atoms with E-state index in [-0.39, 0.29) is 22.5 Å². The number of fused-ring (bicyclic) bond motifs is 1. The maximum absolute atomic E-state index is 13.5. The summed E-state index contributed by atoms with van der Waals surface area (Å²) in [7, 11) is 0. The van der Waals surface area contributed by atoms with Crippen LogP contribution < -0.4 is 5.73 Å². The molecule has 1 heterocycles. The van der Waals surface area contributed by atoms with Gasteiger partial charge in [0.25, 0.3) is 0 Å². The Labute approximate surface area is 110 Å². The Morgan fingerprint density at radius 2 is 2.21 bits per heavy atom. The van der Waals surface area contributed by atoms with Crippen molar-refractivity contribution in [1.29, 1.82) is 0 Å². The van der Waals surface area contributed by atoms with E-state index in [1.165, 1.54) is 6.07 Å². The van der Waals surface area contributed by atoms with Crippen molar-refractivity contribution in [1.82, 2.24) is 0 Å². The highest BCUT2D eigenvalue weighted by Gasteiger charge is 2.38. The van der Waals surface area contributed by atoms with Gasteiger partial charge in [0, 0.05) is 11.8 Å². The molecule has 100 valence electrons.